The van der Waals surface area contributed by atoms with Crippen molar-refractivity contribution in [2.24, 2.45) is 0 Å². The maximum atomic E-state index is 13.5. The Bertz CT molecular complexity index is 1210. The van der Waals surface area contributed by atoms with Gasteiger partial charge in [0.2, 0.25) is 5.91 Å². The lowest BCUT2D eigenvalue weighted by Crippen LogP contribution is -2.33. The van der Waals surface area contributed by atoms with Crippen LogP contribution in [0.3, 0.4) is 0 Å². The first-order valence-electron chi connectivity index (χ1n) is 10.8. The zero-order valence-corrected chi connectivity index (χ0v) is 20.8. The third-order valence-corrected chi connectivity index (χ3v) is 6.60. The lowest BCUT2D eigenvalue weighted by molar-refractivity contribution is -0.143. The first-order chi connectivity index (χ1) is 17.3. The van der Waals surface area contributed by atoms with Gasteiger partial charge in [-0.05, 0) is 54.3 Å². The minimum Gasteiger partial charge on any atom is -0.465 e. The fourth-order valence-corrected chi connectivity index (χ4v) is 4.87. The van der Waals surface area contributed by atoms with Crippen molar-refractivity contribution >= 4 is 33.6 Å². The molecule has 208 valence electrons. The molecule has 0 aliphatic carbocycles. The number of nitrogens with zero attached hydrogens (tertiary/aromatic N) is 2. The Labute approximate surface area is 217 Å². The standard InChI is InChI=1S/C23H18BrF9N2O3/c1-11(36)35(10-12-5-13(21(25,26)27)7-14(6-12)22(28,29)30)18-3-2-4-34(20(37)38)19-9-16(23(31,32)33)17(24)8-15(18)19/h5-9,18H,2-4,10H2,1H3,(H,37,38). The van der Waals surface area contributed by atoms with Gasteiger partial charge in [0.1, 0.15) is 0 Å². The second-order valence-corrected chi connectivity index (χ2v) is 9.40. The number of anilines is 1. The third-order valence-electron chi connectivity index (χ3n) is 5.94. The van der Waals surface area contributed by atoms with E-state index in [0.717, 1.165) is 17.9 Å². The molecule has 2 amide bonds. The average molecular weight is 621 g/mol. The SMILES string of the molecule is CC(=O)N(Cc1cc(C(F)(F)F)cc(C(F)(F)F)c1)C1CCCN(C(=O)O)c2cc(C(F)(F)F)c(Br)cc21. The first kappa shape index (κ1) is 29.6. The van der Waals surface area contributed by atoms with Gasteiger partial charge in [-0.3, -0.25) is 9.69 Å². The van der Waals surface area contributed by atoms with Crippen molar-refractivity contribution in [3.05, 3.63) is 62.6 Å². The molecule has 1 N–H and O–H groups in total. The van der Waals surface area contributed by atoms with Crippen LogP contribution in [0.25, 0.3) is 0 Å². The van der Waals surface area contributed by atoms with Crippen LogP contribution in [0, 0.1) is 0 Å². The van der Waals surface area contributed by atoms with Gasteiger partial charge < -0.3 is 10.0 Å². The number of hydrogen-bond donors (Lipinski definition) is 1. The zero-order valence-electron chi connectivity index (χ0n) is 19.2. The van der Waals surface area contributed by atoms with E-state index >= 15 is 0 Å². The highest BCUT2D eigenvalue weighted by atomic mass is 79.9. The average Bonchev–Trinajstić information content (AvgIpc) is 2.94. The summed E-state index contributed by atoms with van der Waals surface area (Å²) in [6.45, 7) is -0.0135. The van der Waals surface area contributed by atoms with E-state index in [1.165, 1.54) is 0 Å². The molecule has 2 aromatic rings. The molecule has 1 aliphatic rings. The van der Waals surface area contributed by atoms with Gasteiger partial charge in [-0.25, -0.2) is 4.79 Å². The number of fused-ring (bicyclic) bond motifs is 1. The second kappa shape index (κ2) is 10.3. The number of carboxylic acid groups (broad SMARTS) is 1. The summed E-state index contributed by atoms with van der Waals surface area (Å²) in [6.07, 6.45) is -16.7. The van der Waals surface area contributed by atoms with E-state index in [1.807, 2.05) is 0 Å². The van der Waals surface area contributed by atoms with Crippen LogP contribution in [0.15, 0.2) is 34.8 Å². The van der Waals surface area contributed by atoms with E-state index in [9.17, 15) is 54.2 Å². The molecule has 3 rings (SSSR count). The van der Waals surface area contributed by atoms with Gasteiger partial charge >= 0.3 is 24.6 Å². The first-order valence-corrected chi connectivity index (χ1v) is 11.6. The lowest BCUT2D eigenvalue weighted by atomic mass is 9.96. The predicted octanol–water partition coefficient (Wildman–Crippen LogP) is 7.87. The Morgan fingerprint density at radius 3 is 1.95 bits per heavy atom. The van der Waals surface area contributed by atoms with Gasteiger partial charge in [0.25, 0.3) is 0 Å². The van der Waals surface area contributed by atoms with Crippen LogP contribution < -0.4 is 4.90 Å². The third kappa shape index (κ3) is 6.35. The number of carbonyl (C=O) groups is 2. The Morgan fingerprint density at radius 2 is 1.50 bits per heavy atom. The van der Waals surface area contributed by atoms with Crippen molar-refractivity contribution in [1.29, 1.82) is 0 Å². The fraction of sp³-hybridized carbons (Fsp3) is 0.391. The Balaban J connectivity index is 2.18. The van der Waals surface area contributed by atoms with Gasteiger partial charge in [0.05, 0.1) is 28.4 Å². The molecule has 0 saturated heterocycles. The van der Waals surface area contributed by atoms with Crippen molar-refractivity contribution < 1.29 is 54.2 Å². The normalized spacial score (nSPS) is 16.6. The monoisotopic (exact) mass is 620 g/mol. The van der Waals surface area contributed by atoms with Gasteiger partial charge in [0, 0.05) is 24.5 Å². The van der Waals surface area contributed by atoms with Crippen LogP contribution in [0.2, 0.25) is 0 Å². The number of rotatable bonds is 3. The van der Waals surface area contributed by atoms with Crippen LogP contribution in [0.1, 0.15) is 53.6 Å². The smallest absolute Gasteiger partial charge is 0.417 e. The molecule has 0 bridgehead atoms. The number of carbonyl (C=O) groups excluding carboxylic acids is 1. The van der Waals surface area contributed by atoms with Crippen LogP contribution in [0.4, 0.5) is 50.0 Å². The van der Waals surface area contributed by atoms with Crippen molar-refractivity contribution in [2.75, 3.05) is 11.4 Å². The van der Waals surface area contributed by atoms with Crippen LogP contribution in [0.5, 0.6) is 0 Å². The highest BCUT2D eigenvalue weighted by molar-refractivity contribution is 9.10. The minimum absolute atomic E-state index is 0.0285. The lowest BCUT2D eigenvalue weighted by Gasteiger charge is -2.33. The molecule has 0 spiro atoms. The molecule has 5 nitrogen and oxygen atoms in total. The number of amides is 2. The van der Waals surface area contributed by atoms with Crippen LogP contribution in [-0.4, -0.2) is 28.6 Å². The summed E-state index contributed by atoms with van der Waals surface area (Å²) in [5.41, 5.74) is -5.38. The molecule has 1 unspecified atom stereocenters. The Hall–Kier alpha value is -2.97. The quantitative estimate of drug-likeness (QED) is 0.355. The maximum Gasteiger partial charge on any atom is 0.417 e. The van der Waals surface area contributed by atoms with Crippen molar-refractivity contribution in [2.45, 2.75) is 50.9 Å². The van der Waals surface area contributed by atoms with Gasteiger partial charge in [-0.2, -0.15) is 39.5 Å². The predicted molar refractivity (Wildman–Crippen MR) is 119 cm³/mol. The van der Waals surface area contributed by atoms with Crippen molar-refractivity contribution in [1.82, 2.24) is 4.90 Å². The molecule has 0 aromatic heterocycles. The molecule has 1 aliphatic heterocycles. The van der Waals surface area contributed by atoms with Crippen molar-refractivity contribution in [3.8, 4) is 0 Å². The zero-order chi connectivity index (χ0) is 28.8. The molecule has 0 fully saturated rings. The summed E-state index contributed by atoms with van der Waals surface area (Å²) in [7, 11) is 0. The van der Waals surface area contributed by atoms with E-state index in [2.05, 4.69) is 15.9 Å². The van der Waals surface area contributed by atoms with E-state index in [0.29, 0.717) is 23.1 Å². The molecule has 1 atom stereocenters. The van der Waals surface area contributed by atoms with Gasteiger partial charge in [0.15, 0.2) is 0 Å². The molecule has 15 heteroatoms. The van der Waals surface area contributed by atoms with Crippen LogP contribution >= 0.6 is 15.9 Å². The summed E-state index contributed by atoms with van der Waals surface area (Å²) in [5, 5.41) is 9.60. The molecular weight excluding hydrogens is 603 g/mol. The Morgan fingerprint density at radius 1 is 0.947 bits per heavy atom. The van der Waals surface area contributed by atoms with Crippen LogP contribution in [-0.2, 0) is 29.9 Å². The molecular formula is C23H18BrF9N2O3. The van der Waals surface area contributed by atoms with Gasteiger partial charge in [-0.15, -0.1) is 0 Å². The highest BCUT2D eigenvalue weighted by Crippen LogP contribution is 2.45. The number of halogens is 10. The molecule has 0 radical (unpaired) electrons. The number of benzene rings is 2. The van der Waals surface area contributed by atoms with E-state index in [-0.39, 0.29) is 31.0 Å². The molecule has 38 heavy (non-hydrogen) atoms. The molecule has 0 saturated carbocycles. The van der Waals surface area contributed by atoms with Gasteiger partial charge in [-0.1, -0.05) is 15.9 Å². The largest absolute Gasteiger partial charge is 0.465 e. The summed E-state index contributed by atoms with van der Waals surface area (Å²) < 4.78 is 120. The van der Waals surface area contributed by atoms with E-state index < -0.39 is 75.5 Å². The summed E-state index contributed by atoms with van der Waals surface area (Å²) in [5.74, 6) is -0.799. The van der Waals surface area contributed by atoms with E-state index in [4.69, 9.17) is 0 Å². The number of alkyl halides is 9. The maximum absolute atomic E-state index is 13.5. The minimum atomic E-state index is -5.13. The highest BCUT2D eigenvalue weighted by Gasteiger charge is 2.40. The van der Waals surface area contributed by atoms with E-state index in [1.54, 1.807) is 0 Å². The summed E-state index contributed by atoms with van der Waals surface area (Å²) in [6, 6.07) is 1.23. The molecule has 1 heterocycles. The molecule has 2 aromatic carbocycles. The Kier molecular flexibility index (Phi) is 8.02. The summed E-state index contributed by atoms with van der Waals surface area (Å²) in [4.78, 5) is 26.0. The topological polar surface area (TPSA) is 60.9 Å². The fourth-order valence-electron chi connectivity index (χ4n) is 4.28. The van der Waals surface area contributed by atoms with Crippen molar-refractivity contribution in [3.63, 3.8) is 0 Å². The second-order valence-electron chi connectivity index (χ2n) is 8.54. The number of hydrogen-bond acceptors (Lipinski definition) is 2. The summed E-state index contributed by atoms with van der Waals surface area (Å²) >= 11 is 2.80.